The van der Waals surface area contributed by atoms with Crippen LogP contribution >= 0.6 is 0 Å². The number of nitrogens with one attached hydrogen (secondary N) is 2. The predicted octanol–water partition coefficient (Wildman–Crippen LogP) is 7.75. The molecule has 0 aliphatic heterocycles. The fourth-order valence-electron chi connectivity index (χ4n) is 4.57. The molecule has 0 aromatic rings. The van der Waals surface area contributed by atoms with Gasteiger partial charge < -0.3 is 20.1 Å². The van der Waals surface area contributed by atoms with Crippen molar-refractivity contribution in [1.82, 2.24) is 10.6 Å². The normalized spacial score (nSPS) is 13.2. The second-order valence-electron chi connectivity index (χ2n) is 11.6. The highest BCUT2D eigenvalue weighted by Crippen LogP contribution is 2.17. The molecule has 0 amide bonds. The highest BCUT2D eigenvalue weighted by atomic mass is 16.5. The molecule has 0 rings (SSSR count). The van der Waals surface area contributed by atoms with Gasteiger partial charge in [-0.15, -0.1) is 0 Å². The fourth-order valence-corrected chi connectivity index (χ4v) is 4.57. The van der Waals surface area contributed by atoms with Crippen LogP contribution in [0.2, 0.25) is 0 Å². The number of hydrogen-bond donors (Lipinski definition) is 2. The molecular weight excluding hydrogens is 488 g/mol. The lowest BCUT2D eigenvalue weighted by molar-refractivity contribution is -0.150. The predicted molar refractivity (Wildman–Crippen MR) is 165 cm³/mol. The van der Waals surface area contributed by atoms with Crippen molar-refractivity contribution in [3.8, 4) is 0 Å². The van der Waals surface area contributed by atoms with Crippen molar-refractivity contribution in [2.45, 2.75) is 143 Å². The van der Waals surface area contributed by atoms with Crippen LogP contribution in [0.15, 0.2) is 12.2 Å². The summed E-state index contributed by atoms with van der Waals surface area (Å²) in [5.41, 5.74) is 0. The van der Waals surface area contributed by atoms with E-state index in [1.54, 1.807) is 0 Å². The number of unbranched alkanes of at least 4 members (excludes halogenated alkanes) is 7. The Balaban J connectivity index is 4.10. The van der Waals surface area contributed by atoms with Gasteiger partial charge in [0, 0.05) is 6.42 Å². The third-order valence-electron chi connectivity index (χ3n) is 7.15. The molecule has 0 heterocycles. The van der Waals surface area contributed by atoms with E-state index < -0.39 is 0 Å². The van der Waals surface area contributed by atoms with Crippen molar-refractivity contribution in [1.29, 1.82) is 0 Å². The lowest BCUT2D eigenvalue weighted by Crippen LogP contribution is -2.22. The van der Waals surface area contributed by atoms with E-state index in [4.69, 9.17) is 9.47 Å². The van der Waals surface area contributed by atoms with Gasteiger partial charge >= 0.3 is 11.9 Å². The second-order valence-corrected chi connectivity index (χ2v) is 11.6. The molecule has 0 saturated heterocycles. The van der Waals surface area contributed by atoms with E-state index in [2.05, 4.69) is 37.5 Å². The lowest BCUT2D eigenvalue weighted by atomic mass is 10.0. The molecule has 0 fully saturated rings. The third kappa shape index (κ3) is 26.6. The molecule has 2 unspecified atom stereocenters. The summed E-state index contributed by atoms with van der Waals surface area (Å²) in [6.45, 7) is 12.0. The van der Waals surface area contributed by atoms with Crippen molar-refractivity contribution in [3.05, 3.63) is 12.2 Å². The Morgan fingerprint density at radius 2 is 1.41 bits per heavy atom. The molecule has 2 atom stereocenters. The number of carbonyl (C=O) groups excluding carboxylic acids is 2. The first-order valence-electron chi connectivity index (χ1n) is 16.3. The van der Waals surface area contributed by atoms with Gasteiger partial charge in [-0.25, -0.2) is 0 Å². The molecular formula is C33H64N2O4. The standard InChI is InChI=1S/C33H64N2O4/c1-6-7-8-9-10-13-16-28-38-33(37)30(4)21-14-11-12-15-22-31(39-32(36)24-19-25-34-5)23-18-27-35-26-17-20-29(2)3/h13,16,29-31,34-35H,6-12,14-15,17-28H2,1-5H3/b16-13-. The minimum atomic E-state index is -0.0892. The quantitative estimate of drug-likeness (QED) is 0.0587. The first kappa shape index (κ1) is 37.6. The van der Waals surface area contributed by atoms with Gasteiger partial charge in [0.2, 0.25) is 0 Å². The molecule has 230 valence electrons. The third-order valence-corrected chi connectivity index (χ3v) is 7.15. The Bertz CT molecular complexity index is 594. The Labute approximate surface area is 241 Å². The molecule has 2 N–H and O–H groups in total. The SMILES string of the molecule is CCCCCC/C=C\COC(=O)C(C)CCCCCCC(CCCNCCCC(C)C)OC(=O)CCCNC. The Morgan fingerprint density at radius 3 is 2.10 bits per heavy atom. The van der Waals surface area contributed by atoms with E-state index in [1.807, 2.05) is 20.0 Å². The molecule has 6 heteroatoms. The van der Waals surface area contributed by atoms with Crippen LogP contribution in [0.3, 0.4) is 0 Å². The first-order valence-corrected chi connectivity index (χ1v) is 16.3. The summed E-state index contributed by atoms with van der Waals surface area (Å²) in [7, 11) is 1.90. The molecule has 6 nitrogen and oxygen atoms in total. The summed E-state index contributed by atoms with van der Waals surface area (Å²) in [6.07, 6.45) is 22.0. The van der Waals surface area contributed by atoms with E-state index in [0.717, 1.165) is 89.8 Å². The van der Waals surface area contributed by atoms with E-state index in [0.29, 0.717) is 13.0 Å². The van der Waals surface area contributed by atoms with Gasteiger partial charge in [0.1, 0.15) is 12.7 Å². The maximum Gasteiger partial charge on any atom is 0.308 e. The van der Waals surface area contributed by atoms with Crippen molar-refractivity contribution in [2.24, 2.45) is 11.8 Å². The lowest BCUT2D eigenvalue weighted by Gasteiger charge is -2.18. The Hall–Kier alpha value is -1.40. The molecule has 39 heavy (non-hydrogen) atoms. The summed E-state index contributed by atoms with van der Waals surface area (Å²) < 4.78 is 11.3. The van der Waals surface area contributed by atoms with Crippen molar-refractivity contribution >= 4 is 11.9 Å². The zero-order valence-corrected chi connectivity index (χ0v) is 26.4. The molecule has 0 radical (unpaired) electrons. The first-order chi connectivity index (χ1) is 18.9. The number of esters is 2. The topological polar surface area (TPSA) is 76.7 Å². The van der Waals surface area contributed by atoms with Crippen LogP contribution in [0.5, 0.6) is 0 Å². The van der Waals surface area contributed by atoms with Crippen LogP contribution in [0, 0.1) is 11.8 Å². The largest absolute Gasteiger partial charge is 0.462 e. The molecule has 0 aliphatic rings. The number of carbonyl (C=O) groups is 2. The minimum Gasteiger partial charge on any atom is -0.462 e. The average Bonchev–Trinajstić information content (AvgIpc) is 2.90. The maximum absolute atomic E-state index is 12.3. The Morgan fingerprint density at radius 1 is 0.744 bits per heavy atom. The van der Waals surface area contributed by atoms with Crippen molar-refractivity contribution in [2.75, 3.05) is 33.3 Å². The Kier molecular flexibility index (Phi) is 27.1. The summed E-state index contributed by atoms with van der Waals surface area (Å²) in [4.78, 5) is 24.5. The van der Waals surface area contributed by atoms with Crippen LogP contribution in [-0.4, -0.2) is 51.3 Å². The maximum atomic E-state index is 12.3. The molecule has 0 bridgehead atoms. The number of allylic oxidation sites excluding steroid dienone is 1. The van der Waals surface area contributed by atoms with Crippen LogP contribution in [0.4, 0.5) is 0 Å². The number of hydrogen-bond acceptors (Lipinski definition) is 6. The van der Waals surface area contributed by atoms with Crippen LogP contribution in [0.25, 0.3) is 0 Å². The monoisotopic (exact) mass is 552 g/mol. The summed E-state index contributed by atoms with van der Waals surface area (Å²) in [6, 6.07) is 0. The van der Waals surface area contributed by atoms with Crippen LogP contribution in [0.1, 0.15) is 137 Å². The van der Waals surface area contributed by atoms with Crippen molar-refractivity contribution < 1.29 is 19.1 Å². The van der Waals surface area contributed by atoms with E-state index >= 15 is 0 Å². The molecule has 0 spiro atoms. The minimum absolute atomic E-state index is 0.0122. The average molecular weight is 553 g/mol. The van der Waals surface area contributed by atoms with Gasteiger partial charge in [-0.1, -0.05) is 78.4 Å². The second kappa shape index (κ2) is 28.1. The van der Waals surface area contributed by atoms with Gasteiger partial charge in [0.25, 0.3) is 0 Å². The summed E-state index contributed by atoms with van der Waals surface area (Å²) in [5.74, 6) is 0.544. The van der Waals surface area contributed by atoms with Gasteiger partial charge in [-0.2, -0.15) is 0 Å². The van der Waals surface area contributed by atoms with Gasteiger partial charge in [-0.3, -0.25) is 9.59 Å². The van der Waals surface area contributed by atoms with Crippen LogP contribution in [-0.2, 0) is 19.1 Å². The van der Waals surface area contributed by atoms with Crippen LogP contribution < -0.4 is 10.6 Å². The summed E-state index contributed by atoms with van der Waals surface area (Å²) >= 11 is 0. The van der Waals surface area contributed by atoms with Gasteiger partial charge in [0.15, 0.2) is 0 Å². The van der Waals surface area contributed by atoms with E-state index in [1.165, 1.54) is 38.5 Å². The smallest absolute Gasteiger partial charge is 0.308 e. The highest BCUT2D eigenvalue weighted by Gasteiger charge is 2.15. The van der Waals surface area contributed by atoms with Crippen molar-refractivity contribution in [3.63, 3.8) is 0 Å². The van der Waals surface area contributed by atoms with E-state index in [9.17, 15) is 9.59 Å². The number of ether oxygens (including phenoxy) is 2. The van der Waals surface area contributed by atoms with E-state index in [-0.39, 0.29) is 24.0 Å². The van der Waals surface area contributed by atoms with Gasteiger partial charge in [-0.05, 0) is 96.8 Å². The zero-order chi connectivity index (χ0) is 29.0. The molecule has 0 aromatic carbocycles. The molecule has 0 saturated carbocycles. The highest BCUT2D eigenvalue weighted by molar-refractivity contribution is 5.72. The fraction of sp³-hybridized carbons (Fsp3) is 0.879. The molecule has 0 aromatic heterocycles. The summed E-state index contributed by atoms with van der Waals surface area (Å²) in [5, 5.41) is 6.62. The number of rotatable bonds is 28. The van der Waals surface area contributed by atoms with Gasteiger partial charge in [0.05, 0.1) is 5.92 Å². The molecule has 0 aliphatic carbocycles. The zero-order valence-electron chi connectivity index (χ0n) is 26.4.